The highest BCUT2D eigenvalue weighted by Gasteiger charge is 2.32. The van der Waals surface area contributed by atoms with Gasteiger partial charge in [-0.3, -0.25) is 14.8 Å². The molecule has 1 amide bonds. The van der Waals surface area contributed by atoms with Gasteiger partial charge in [0.1, 0.15) is 18.1 Å². The van der Waals surface area contributed by atoms with Crippen LogP contribution in [0, 0.1) is 0 Å². The van der Waals surface area contributed by atoms with Gasteiger partial charge in [-0.2, -0.15) is 13.2 Å². The number of fused-ring (bicyclic) bond motifs is 1. The molecule has 3 heterocycles. The minimum Gasteiger partial charge on any atom is -0.486 e. The SMILES string of the molecule is NC(=O)Cc1cnc2cc(OCc3cccc(C(F)(F)F)n3)cnc2c1. The van der Waals surface area contributed by atoms with E-state index in [0.29, 0.717) is 22.3 Å². The van der Waals surface area contributed by atoms with Crippen molar-refractivity contribution in [1.82, 2.24) is 15.0 Å². The van der Waals surface area contributed by atoms with Crippen LogP contribution in [0.5, 0.6) is 5.75 Å². The van der Waals surface area contributed by atoms with Crippen LogP contribution in [0.3, 0.4) is 0 Å². The summed E-state index contributed by atoms with van der Waals surface area (Å²) >= 11 is 0. The number of amides is 1. The van der Waals surface area contributed by atoms with Crippen molar-refractivity contribution in [3.63, 3.8) is 0 Å². The zero-order valence-corrected chi connectivity index (χ0v) is 13.3. The fourth-order valence-corrected chi connectivity index (χ4v) is 2.28. The lowest BCUT2D eigenvalue weighted by Gasteiger charge is -2.09. The maximum atomic E-state index is 12.7. The molecule has 3 aromatic heterocycles. The zero-order valence-electron chi connectivity index (χ0n) is 13.3. The molecule has 0 atom stereocenters. The largest absolute Gasteiger partial charge is 0.486 e. The molecular weight excluding hydrogens is 349 g/mol. The van der Waals surface area contributed by atoms with Crippen LogP contribution in [0.2, 0.25) is 0 Å². The van der Waals surface area contributed by atoms with Gasteiger partial charge in [-0.15, -0.1) is 0 Å². The summed E-state index contributed by atoms with van der Waals surface area (Å²) in [6, 6.07) is 6.90. The van der Waals surface area contributed by atoms with Crippen molar-refractivity contribution < 1.29 is 22.7 Å². The second-order valence-corrected chi connectivity index (χ2v) is 5.50. The number of primary amides is 1. The van der Waals surface area contributed by atoms with E-state index in [2.05, 4.69) is 15.0 Å². The van der Waals surface area contributed by atoms with Crippen LogP contribution in [-0.2, 0) is 24.0 Å². The molecule has 6 nitrogen and oxygen atoms in total. The molecular formula is C17H13F3N4O2. The minimum absolute atomic E-state index is 0.0596. The molecule has 0 saturated carbocycles. The van der Waals surface area contributed by atoms with Gasteiger partial charge in [0.25, 0.3) is 0 Å². The third-order valence-electron chi connectivity index (χ3n) is 3.43. The number of pyridine rings is 3. The van der Waals surface area contributed by atoms with Gasteiger partial charge >= 0.3 is 6.18 Å². The van der Waals surface area contributed by atoms with Crippen LogP contribution < -0.4 is 10.5 Å². The lowest BCUT2D eigenvalue weighted by Crippen LogP contribution is -2.13. The Balaban J connectivity index is 1.74. The molecule has 0 aliphatic rings. The van der Waals surface area contributed by atoms with E-state index < -0.39 is 17.8 Å². The normalized spacial score (nSPS) is 11.5. The van der Waals surface area contributed by atoms with Crippen LogP contribution in [-0.4, -0.2) is 20.9 Å². The van der Waals surface area contributed by atoms with Crippen molar-refractivity contribution in [3.8, 4) is 5.75 Å². The number of rotatable bonds is 5. The maximum Gasteiger partial charge on any atom is 0.433 e. The molecule has 0 aliphatic carbocycles. The number of carbonyl (C=O) groups is 1. The maximum absolute atomic E-state index is 12.7. The predicted molar refractivity (Wildman–Crippen MR) is 86.0 cm³/mol. The number of hydrogen-bond donors (Lipinski definition) is 1. The van der Waals surface area contributed by atoms with Gasteiger partial charge in [0.05, 0.1) is 29.3 Å². The topological polar surface area (TPSA) is 91.0 Å². The molecule has 134 valence electrons. The molecule has 0 spiro atoms. The molecule has 0 unspecified atom stereocenters. The predicted octanol–water partition coefficient (Wildman–Crippen LogP) is 2.65. The summed E-state index contributed by atoms with van der Waals surface area (Å²) in [5.74, 6) is -0.133. The van der Waals surface area contributed by atoms with E-state index in [0.717, 1.165) is 6.07 Å². The standard InChI is InChI=1S/C17H13F3N4O2/c18-17(19,20)15-3-1-2-11(24-15)9-26-12-6-14-13(23-8-12)4-10(7-22-14)5-16(21)25/h1-4,6-8H,5,9H2,(H2,21,25). The molecule has 0 aliphatic heterocycles. The van der Waals surface area contributed by atoms with Crippen molar-refractivity contribution >= 4 is 16.9 Å². The molecule has 26 heavy (non-hydrogen) atoms. The number of aromatic nitrogens is 3. The lowest BCUT2D eigenvalue weighted by molar-refractivity contribution is -0.141. The number of ether oxygens (including phenoxy) is 1. The Labute approximate surface area is 145 Å². The van der Waals surface area contributed by atoms with Crippen molar-refractivity contribution in [1.29, 1.82) is 0 Å². The van der Waals surface area contributed by atoms with Crippen LogP contribution in [0.15, 0.2) is 42.7 Å². The van der Waals surface area contributed by atoms with Crippen LogP contribution in [0.4, 0.5) is 13.2 Å². The van der Waals surface area contributed by atoms with E-state index >= 15 is 0 Å². The molecule has 0 radical (unpaired) electrons. The summed E-state index contributed by atoms with van der Waals surface area (Å²) in [5, 5.41) is 0. The van der Waals surface area contributed by atoms with E-state index in [4.69, 9.17) is 10.5 Å². The highest BCUT2D eigenvalue weighted by atomic mass is 19.4. The van der Waals surface area contributed by atoms with Gasteiger partial charge in [-0.25, -0.2) is 4.98 Å². The smallest absolute Gasteiger partial charge is 0.433 e. The number of halogens is 3. The van der Waals surface area contributed by atoms with E-state index in [1.807, 2.05) is 0 Å². The highest BCUT2D eigenvalue weighted by Crippen LogP contribution is 2.27. The Hall–Kier alpha value is -3.23. The Morgan fingerprint density at radius 1 is 1.12 bits per heavy atom. The van der Waals surface area contributed by atoms with E-state index in [1.165, 1.54) is 24.5 Å². The van der Waals surface area contributed by atoms with Crippen LogP contribution in [0.1, 0.15) is 17.0 Å². The average Bonchev–Trinajstić information content (AvgIpc) is 2.59. The monoisotopic (exact) mass is 362 g/mol. The number of hydrogen-bond acceptors (Lipinski definition) is 5. The molecule has 2 N–H and O–H groups in total. The third kappa shape index (κ3) is 4.24. The van der Waals surface area contributed by atoms with Gasteiger partial charge in [-0.1, -0.05) is 6.07 Å². The summed E-state index contributed by atoms with van der Waals surface area (Å²) in [6.45, 7) is -0.142. The molecule has 0 fully saturated rings. The molecule has 9 heteroatoms. The first kappa shape index (κ1) is 17.6. The molecule has 0 aromatic carbocycles. The first-order chi connectivity index (χ1) is 12.3. The molecule has 3 aromatic rings. The van der Waals surface area contributed by atoms with Crippen molar-refractivity contribution in [2.45, 2.75) is 19.2 Å². The first-order valence-corrected chi connectivity index (χ1v) is 7.50. The van der Waals surface area contributed by atoms with Gasteiger partial charge in [0, 0.05) is 12.3 Å². The summed E-state index contributed by atoms with van der Waals surface area (Å²) in [4.78, 5) is 22.8. The number of nitrogens with two attached hydrogens (primary N) is 1. The van der Waals surface area contributed by atoms with E-state index in [9.17, 15) is 18.0 Å². The van der Waals surface area contributed by atoms with Crippen molar-refractivity contribution in [2.75, 3.05) is 0 Å². The second-order valence-electron chi connectivity index (χ2n) is 5.50. The fraction of sp³-hybridized carbons (Fsp3) is 0.176. The lowest BCUT2D eigenvalue weighted by atomic mass is 10.2. The van der Waals surface area contributed by atoms with Crippen molar-refractivity contribution in [3.05, 3.63) is 59.7 Å². The van der Waals surface area contributed by atoms with E-state index in [-0.39, 0.29) is 18.7 Å². The Morgan fingerprint density at radius 2 is 1.85 bits per heavy atom. The quantitative estimate of drug-likeness (QED) is 0.753. The van der Waals surface area contributed by atoms with E-state index in [1.54, 1.807) is 12.1 Å². The molecule has 0 saturated heterocycles. The highest BCUT2D eigenvalue weighted by molar-refractivity contribution is 5.80. The minimum atomic E-state index is -4.51. The molecule has 0 bridgehead atoms. The average molecular weight is 362 g/mol. The number of carbonyl (C=O) groups excluding carboxylic acids is 1. The van der Waals surface area contributed by atoms with Gasteiger partial charge in [-0.05, 0) is 23.8 Å². The molecule has 3 rings (SSSR count). The second kappa shape index (κ2) is 6.95. The van der Waals surface area contributed by atoms with Crippen LogP contribution in [0.25, 0.3) is 11.0 Å². The van der Waals surface area contributed by atoms with Gasteiger partial charge < -0.3 is 10.5 Å². The zero-order chi connectivity index (χ0) is 18.7. The Morgan fingerprint density at radius 3 is 2.58 bits per heavy atom. The third-order valence-corrected chi connectivity index (χ3v) is 3.43. The Kier molecular flexibility index (Phi) is 4.70. The number of nitrogens with zero attached hydrogens (tertiary/aromatic N) is 3. The summed E-state index contributed by atoms with van der Waals surface area (Å²) in [7, 11) is 0. The van der Waals surface area contributed by atoms with Gasteiger partial charge in [0.2, 0.25) is 5.91 Å². The summed E-state index contributed by atoms with van der Waals surface area (Å²) in [6.07, 6.45) is -1.52. The van der Waals surface area contributed by atoms with Crippen LogP contribution >= 0.6 is 0 Å². The first-order valence-electron chi connectivity index (χ1n) is 7.50. The number of alkyl halides is 3. The Bertz CT molecular complexity index is 960. The van der Waals surface area contributed by atoms with Gasteiger partial charge in [0.15, 0.2) is 0 Å². The fourth-order valence-electron chi connectivity index (χ4n) is 2.28. The summed E-state index contributed by atoms with van der Waals surface area (Å²) < 4.78 is 43.5. The summed E-state index contributed by atoms with van der Waals surface area (Å²) in [5.41, 5.74) is 6.02. The van der Waals surface area contributed by atoms with Crippen molar-refractivity contribution in [2.24, 2.45) is 5.73 Å².